The Kier molecular flexibility index (Phi) is 2.23. The first-order chi connectivity index (χ1) is 4.79. The van der Waals surface area contributed by atoms with Crippen LogP contribution in [0.25, 0.3) is 0 Å². The minimum Gasteiger partial charge on any atom is -0.331 e. The second-order valence-electron chi connectivity index (χ2n) is 1.82. The molecule has 0 fully saturated rings. The molecule has 1 radical (unpaired) electrons. The Balaban J connectivity index is 2.67. The summed E-state index contributed by atoms with van der Waals surface area (Å²) in [7, 11) is 0. The summed E-state index contributed by atoms with van der Waals surface area (Å²) in [4.78, 5) is 0. The monoisotopic (exact) mass is 151 g/mol. The predicted octanol–water partition coefficient (Wildman–Crippen LogP) is 1.67. The molecule has 0 aromatic heterocycles. The Labute approximate surface area is 65.0 Å². The van der Waals surface area contributed by atoms with Gasteiger partial charge in [0, 0.05) is 5.69 Å². The highest BCUT2D eigenvalue weighted by Gasteiger charge is 1.88. The van der Waals surface area contributed by atoms with E-state index in [0.717, 1.165) is 5.69 Å². The van der Waals surface area contributed by atoms with Crippen LogP contribution in [-0.4, -0.2) is 5.11 Å². The van der Waals surface area contributed by atoms with Gasteiger partial charge in [-0.25, -0.2) is 0 Å². The van der Waals surface area contributed by atoms with Crippen LogP contribution < -0.4 is 11.1 Å². The lowest BCUT2D eigenvalue weighted by molar-refractivity contribution is 1.58. The minimum atomic E-state index is 0.0474. The van der Waals surface area contributed by atoms with Crippen molar-refractivity contribution in [3.05, 3.63) is 30.3 Å². The standard InChI is InChI=1S/C7H7N2S/c8-7(10)9-6-4-2-1-3-5-6/h1-5,8H,(H,9,10). The fourth-order valence-electron chi connectivity index (χ4n) is 0.653. The van der Waals surface area contributed by atoms with Crippen LogP contribution >= 0.6 is 12.2 Å². The van der Waals surface area contributed by atoms with Crippen molar-refractivity contribution in [2.45, 2.75) is 0 Å². The molecular weight excluding hydrogens is 144 g/mol. The zero-order valence-corrected chi connectivity index (χ0v) is 6.11. The van der Waals surface area contributed by atoms with Gasteiger partial charge in [0.25, 0.3) is 0 Å². The highest BCUT2D eigenvalue weighted by Crippen LogP contribution is 2.03. The molecule has 0 atom stereocenters. The molecule has 0 aliphatic heterocycles. The molecule has 0 saturated heterocycles. The normalized spacial score (nSPS) is 8.80. The zero-order valence-electron chi connectivity index (χ0n) is 5.29. The summed E-state index contributed by atoms with van der Waals surface area (Å²) >= 11 is 4.53. The van der Waals surface area contributed by atoms with Crippen LogP contribution in [0.3, 0.4) is 0 Å². The maximum absolute atomic E-state index is 6.94. The van der Waals surface area contributed by atoms with Crippen LogP contribution in [0.4, 0.5) is 5.69 Å². The molecule has 3 heteroatoms. The molecule has 1 aromatic carbocycles. The maximum atomic E-state index is 6.94. The van der Waals surface area contributed by atoms with Gasteiger partial charge in [-0.1, -0.05) is 18.2 Å². The SMILES string of the molecule is [NH]C(=S)Nc1ccccc1. The second-order valence-corrected chi connectivity index (χ2v) is 2.23. The van der Waals surface area contributed by atoms with E-state index in [-0.39, 0.29) is 5.11 Å². The third-order valence-electron chi connectivity index (χ3n) is 1.03. The molecule has 1 rings (SSSR count). The van der Waals surface area contributed by atoms with Crippen molar-refractivity contribution in [2.75, 3.05) is 5.32 Å². The van der Waals surface area contributed by atoms with Crippen LogP contribution in [0.15, 0.2) is 30.3 Å². The number of nitrogens with one attached hydrogen (secondary N) is 2. The fourth-order valence-corrected chi connectivity index (χ4v) is 0.770. The van der Waals surface area contributed by atoms with Gasteiger partial charge in [-0.15, -0.1) is 0 Å². The lowest BCUT2D eigenvalue weighted by Gasteiger charge is -1.99. The first kappa shape index (κ1) is 7.02. The fraction of sp³-hybridized carbons (Fsp3) is 0. The smallest absolute Gasteiger partial charge is 0.189 e. The summed E-state index contributed by atoms with van der Waals surface area (Å²) in [6.07, 6.45) is 0. The first-order valence-electron chi connectivity index (χ1n) is 2.86. The second kappa shape index (κ2) is 3.17. The molecule has 0 aliphatic rings. The first-order valence-corrected chi connectivity index (χ1v) is 3.27. The van der Waals surface area contributed by atoms with E-state index in [4.69, 9.17) is 5.73 Å². The van der Waals surface area contributed by atoms with E-state index in [1.165, 1.54) is 0 Å². The summed E-state index contributed by atoms with van der Waals surface area (Å²) in [5.41, 5.74) is 7.80. The van der Waals surface area contributed by atoms with E-state index in [9.17, 15) is 0 Å². The topological polar surface area (TPSA) is 35.8 Å². The van der Waals surface area contributed by atoms with Crippen molar-refractivity contribution >= 4 is 23.0 Å². The molecule has 51 valence electrons. The van der Waals surface area contributed by atoms with E-state index in [1.54, 1.807) is 0 Å². The molecule has 10 heavy (non-hydrogen) atoms. The van der Waals surface area contributed by atoms with Crippen LogP contribution in [0, 0.1) is 0 Å². The third-order valence-corrected chi connectivity index (χ3v) is 1.13. The number of rotatable bonds is 1. The van der Waals surface area contributed by atoms with Gasteiger partial charge in [0.15, 0.2) is 5.11 Å². The predicted molar refractivity (Wildman–Crippen MR) is 45.8 cm³/mol. The summed E-state index contributed by atoms with van der Waals surface area (Å²) < 4.78 is 0. The highest BCUT2D eigenvalue weighted by molar-refractivity contribution is 7.80. The Hall–Kier alpha value is -1.09. The average molecular weight is 151 g/mol. The quantitative estimate of drug-likeness (QED) is 0.620. The van der Waals surface area contributed by atoms with Crippen molar-refractivity contribution in [3.63, 3.8) is 0 Å². The van der Waals surface area contributed by atoms with Crippen LogP contribution in [-0.2, 0) is 0 Å². The molecule has 0 aliphatic carbocycles. The molecule has 2 nitrogen and oxygen atoms in total. The lowest BCUT2D eigenvalue weighted by Crippen LogP contribution is -2.08. The van der Waals surface area contributed by atoms with Crippen LogP contribution in [0.1, 0.15) is 0 Å². The van der Waals surface area contributed by atoms with E-state index in [2.05, 4.69) is 17.5 Å². The van der Waals surface area contributed by atoms with Crippen molar-refractivity contribution in [1.29, 1.82) is 0 Å². The molecule has 0 bridgehead atoms. The molecule has 0 unspecified atom stereocenters. The number of hydrogen-bond donors (Lipinski definition) is 1. The van der Waals surface area contributed by atoms with Gasteiger partial charge in [-0.3, -0.25) is 5.73 Å². The number of thiocarbonyl (C=S) groups is 1. The highest BCUT2D eigenvalue weighted by atomic mass is 32.1. The van der Waals surface area contributed by atoms with E-state index >= 15 is 0 Å². The van der Waals surface area contributed by atoms with Crippen LogP contribution in [0.5, 0.6) is 0 Å². The number of hydrogen-bond acceptors (Lipinski definition) is 1. The Morgan fingerprint density at radius 3 is 2.40 bits per heavy atom. The largest absolute Gasteiger partial charge is 0.331 e. The van der Waals surface area contributed by atoms with Crippen molar-refractivity contribution in [1.82, 2.24) is 5.73 Å². The molecule has 0 saturated carbocycles. The van der Waals surface area contributed by atoms with Crippen molar-refractivity contribution < 1.29 is 0 Å². The van der Waals surface area contributed by atoms with Gasteiger partial charge < -0.3 is 5.32 Å². The summed E-state index contributed by atoms with van der Waals surface area (Å²) in [5, 5.41) is 2.75. The number of para-hydroxylation sites is 1. The van der Waals surface area contributed by atoms with Crippen LogP contribution in [0.2, 0.25) is 0 Å². The number of benzene rings is 1. The van der Waals surface area contributed by atoms with Crippen molar-refractivity contribution in [3.8, 4) is 0 Å². The Bertz CT molecular complexity index is 220. The average Bonchev–Trinajstić information content (AvgIpc) is 1.88. The van der Waals surface area contributed by atoms with Gasteiger partial charge in [-0.05, 0) is 24.4 Å². The lowest BCUT2D eigenvalue weighted by atomic mass is 10.3. The molecule has 0 amide bonds. The number of anilines is 1. The molecule has 0 heterocycles. The molecule has 1 aromatic rings. The van der Waals surface area contributed by atoms with E-state index < -0.39 is 0 Å². The molecular formula is C7H7N2S. The third kappa shape index (κ3) is 2.03. The molecule has 0 spiro atoms. The van der Waals surface area contributed by atoms with Gasteiger partial charge in [0.2, 0.25) is 0 Å². The van der Waals surface area contributed by atoms with Gasteiger partial charge >= 0.3 is 0 Å². The van der Waals surface area contributed by atoms with Gasteiger partial charge in [0.1, 0.15) is 0 Å². The summed E-state index contributed by atoms with van der Waals surface area (Å²) in [6.45, 7) is 0. The minimum absolute atomic E-state index is 0.0474. The summed E-state index contributed by atoms with van der Waals surface area (Å²) in [5.74, 6) is 0. The Morgan fingerprint density at radius 2 is 1.90 bits per heavy atom. The zero-order chi connectivity index (χ0) is 7.40. The Morgan fingerprint density at radius 1 is 1.30 bits per heavy atom. The van der Waals surface area contributed by atoms with E-state index in [1.807, 2.05) is 30.3 Å². The van der Waals surface area contributed by atoms with Crippen molar-refractivity contribution in [2.24, 2.45) is 0 Å². The molecule has 2 N–H and O–H groups in total. The van der Waals surface area contributed by atoms with Gasteiger partial charge in [0.05, 0.1) is 0 Å². The van der Waals surface area contributed by atoms with Gasteiger partial charge in [-0.2, -0.15) is 0 Å². The summed E-state index contributed by atoms with van der Waals surface area (Å²) in [6, 6.07) is 9.42. The maximum Gasteiger partial charge on any atom is 0.189 e. The van der Waals surface area contributed by atoms with E-state index in [0.29, 0.717) is 0 Å².